The Morgan fingerprint density at radius 2 is 1.44 bits per heavy atom. The van der Waals surface area contributed by atoms with Crippen molar-refractivity contribution < 1.29 is 18.9 Å². The Morgan fingerprint density at radius 3 is 2.02 bits per heavy atom. The fourth-order valence-corrected chi connectivity index (χ4v) is 5.96. The third-order valence-electron chi connectivity index (χ3n) is 7.94. The van der Waals surface area contributed by atoms with Crippen LogP contribution < -0.4 is 14.7 Å². The first-order chi connectivity index (χ1) is 20.6. The van der Waals surface area contributed by atoms with Crippen molar-refractivity contribution in [2.24, 2.45) is 0 Å². The van der Waals surface area contributed by atoms with Gasteiger partial charge in [0.25, 0.3) is 0 Å². The summed E-state index contributed by atoms with van der Waals surface area (Å²) in [6, 6.07) is 10.2. The average molecular weight is 594 g/mol. The molecule has 0 bridgehead atoms. The minimum Gasteiger partial charge on any atom is -0.383 e. The second-order valence-corrected chi connectivity index (χ2v) is 12.5. The van der Waals surface area contributed by atoms with Gasteiger partial charge in [0.15, 0.2) is 22.8 Å². The van der Waals surface area contributed by atoms with E-state index < -0.39 is 5.60 Å². The number of fused-ring (bicyclic) bond motifs is 1. The maximum atomic E-state index is 6.07. The second-order valence-electron chi connectivity index (χ2n) is 12.5. The molecule has 2 aromatic heterocycles. The molecule has 0 radical (unpaired) electrons. The van der Waals surface area contributed by atoms with Gasteiger partial charge in [-0.1, -0.05) is 30.3 Å². The monoisotopic (exact) mass is 593 g/mol. The molecule has 2 saturated heterocycles. The average Bonchev–Trinajstić information content (AvgIpc) is 2.97. The number of hydrogen-bond acceptors (Lipinski definition) is 11. The first kappa shape index (κ1) is 31.3. The van der Waals surface area contributed by atoms with Crippen molar-refractivity contribution >= 4 is 28.7 Å². The Bertz CT molecular complexity index is 1350. The zero-order chi connectivity index (χ0) is 30.7. The maximum Gasteiger partial charge on any atom is 0.229 e. The number of methoxy groups -OCH3 is 2. The van der Waals surface area contributed by atoms with Crippen LogP contribution in [0.3, 0.4) is 0 Å². The van der Waals surface area contributed by atoms with Gasteiger partial charge in [-0.05, 0) is 41.5 Å². The summed E-state index contributed by atoms with van der Waals surface area (Å²) in [7, 11) is 3.45. The smallest absolute Gasteiger partial charge is 0.229 e. The van der Waals surface area contributed by atoms with Gasteiger partial charge < -0.3 is 33.6 Å². The van der Waals surface area contributed by atoms with Crippen LogP contribution in [0.4, 0.5) is 17.6 Å². The Labute approximate surface area is 255 Å². The summed E-state index contributed by atoms with van der Waals surface area (Å²) in [5.74, 6) is 2.15. The fourth-order valence-electron chi connectivity index (χ4n) is 5.96. The Kier molecular flexibility index (Phi) is 9.65. The zero-order valence-electron chi connectivity index (χ0n) is 26.9. The third kappa shape index (κ3) is 7.34. The van der Waals surface area contributed by atoms with Crippen molar-refractivity contribution in [2.45, 2.75) is 71.6 Å². The lowest BCUT2D eigenvalue weighted by molar-refractivity contribution is -0.00580. The summed E-state index contributed by atoms with van der Waals surface area (Å²) in [5, 5.41) is 0. The predicted octanol–water partition coefficient (Wildman–Crippen LogP) is 4.19. The molecule has 4 atom stereocenters. The van der Waals surface area contributed by atoms with Crippen LogP contribution in [0.5, 0.6) is 0 Å². The molecule has 0 amide bonds. The summed E-state index contributed by atoms with van der Waals surface area (Å²) in [4.78, 5) is 27.6. The van der Waals surface area contributed by atoms with Crippen LogP contribution in [0.1, 0.15) is 41.5 Å². The van der Waals surface area contributed by atoms with Crippen LogP contribution in [0.2, 0.25) is 0 Å². The Balaban J connectivity index is 1.74. The number of ether oxygens (including phenoxy) is 4. The molecule has 0 N–H and O–H groups in total. The highest BCUT2D eigenvalue weighted by molar-refractivity contribution is 5.89. The molecule has 0 saturated carbocycles. The van der Waals surface area contributed by atoms with Crippen LogP contribution in [0.15, 0.2) is 30.3 Å². The number of hydrogen-bond donors (Lipinski definition) is 0. The number of morpholine rings is 2. The van der Waals surface area contributed by atoms with Gasteiger partial charge in [0.1, 0.15) is 5.69 Å². The van der Waals surface area contributed by atoms with Crippen LogP contribution >= 0.6 is 0 Å². The van der Waals surface area contributed by atoms with Crippen LogP contribution in [0, 0.1) is 0 Å². The molecule has 0 spiro atoms. The highest BCUT2D eigenvalue weighted by Gasteiger charge is 2.31. The Hall–Kier alpha value is -3.12. The quantitative estimate of drug-likeness (QED) is 0.338. The summed E-state index contributed by atoms with van der Waals surface area (Å²) < 4.78 is 23.5. The highest BCUT2D eigenvalue weighted by Crippen LogP contribution is 2.35. The molecular weight excluding hydrogens is 546 g/mol. The van der Waals surface area contributed by atoms with E-state index in [2.05, 4.69) is 68.4 Å². The largest absolute Gasteiger partial charge is 0.383 e. The van der Waals surface area contributed by atoms with Crippen LogP contribution in [-0.4, -0.2) is 110 Å². The zero-order valence-corrected chi connectivity index (χ0v) is 26.9. The van der Waals surface area contributed by atoms with Gasteiger partial charge in [0.05, 0.1) is 36.6 Å². The topological polar surface area (TPSA) is 98.2 Å². The lowest BCUT2D eigenvalue weighted by Crippen LogP contribution is -2.47. The molecule has 11 nitrogen and oxygen atoms in total. The molecule has 1 aromatic carbocycles. The molecule has 11 heteroatoms. The first-order valence-electron chi connectivity index (χ1n) is 15.3. The van der Waals surface area contributed by atoms with Gasteiger partial charge in [-0.15, -0.1) is 0 Å². The number of aromatic nitrogens is 4. The number of nitrogens with zero attached hydrogens (tertiary/aromatic N) is 7. The van der Waals surface area contributed by atoms with Crippen molar-refractivity contribution in [1.82, 2.24) is 19.9 Å². The molecule has 2 aliphatic rings. The van der Waals surface area contributed by atoms with E-state index in [9.17, 15) is 0 Å². The molecule has 4 unspecified atom stereocenters. The molecular formula is C32H47N7O4. The fraction of sp³-hybridized carbons (Fsp3) is 0.625. The highest BCUT2D eigenvalue weighted by atomic mass is 16.5. The first-order valence-corrected chi connectivity index (χ1v) is 15.3. The van der Waals surface area contributed by atoms with E-state index in [0.29, 0.717) is 55.7 Å². The molecule has 5 rings (SSSR count). The standard InChI is InChI=1S/C32H47N7O4/c1-21-16-38(17-22(2)42-21)29-26(25-12-10-9-11-13-25)33-27-28(34-29)35-31(39-18-23(3)43-24(4)19-39)36-30(27)37(14-15-40-7)20-32(5,6)41-8/h9-13,21-24H,14-20H2,1-8H3. The van der Waals surface area contributed by atoms with Crippen molar-refractivity contribution in [1.29, 1.82) is 0 Å². The van der Waals surface area contributed by atoms with E-state index in [1.807, 2.05) is 18.2 Å². The Morgan fingerprint density at radius 1 is 0.837 bits per heavy atom. The van der Waals surface area contributed by atoms with E-state index in [0.717, 1.165) is 30.2 Å². The van der Waals surface area contributed by atoms with E-state index in [-0.39, 0.29) is 24.4 Å². The molecule has 43 heavy (non-hydrogen) atoms. The van der Waals surface area contributed by atoms with Crippen molar-refractivity contribution in [3.63, 3.8) is 0 Å². The maximum absolute atomic E-state index is 6.07. The number of rotatable bonds is 10. The van der Waals surface area contributed by atoms with Gasteiger partial charge in [0.2, 0.25) is 5.95 Å². The van der Waals surface area contributed by atoms with Gasteiger partial charge in [-0.3, -0.25) is 0 Å². The number of anilines is 3. The van der Waals surface area contributed by atoms with Gasteiger partial charge >= 0.3 is 0 Å². The van der Waals surface area contributed by atoms with Crippen LogP contribution in [0.25, 0.3) is 22.4 Å². The summed E-state index contributed by atoms with van der Waals surface area (Å²) in [6.45, 7) is 17.0. The molecule has 0 aliphatic carbocycles. The summed E-state index contributed by atoms with van der Waals surface area (Å²) >= 11 is 0. The van der Waals surface area contributed by atoms with E-state index in [4.69, 9.17) is 38.9 Å². The normalized spacial score (nSPS) is 23.2. The second kappa shape index (κ2) is 13.3. The molecule has 3 aromatic rings. The van der Waals surface area contributed by atoms with Gasteiger partial charge in [-0.2, -0.15) is 9.97 Å². The minimum atomic E-state index is -0.442. The predicted molar refractivity (Wildman–Crippen MR) is 170 cm³/mol. The van der Waals surface area contributed by atoms with Crippen molar-refractivity contribution in [2.75, 3.05) is 74.8 Å². The molecule has 4 heterocycles. The van der Waals surface area contributed by atoms with E-state index >= 15 is 0 Å². The SMILES string of the molecule is COCCN(CC(C)(C)OC)c1nc(N2CC(C)OC(C)C2)nc2nc(N3CC(C)OC(C)C3)c(-c3ccccc3)nc12. The summed E-state index contributed by atoms with van der Waals surface area (Å²) in [6.07, 6.45) is 0.251. The van der Waals surface area contributed by atoms with Crippen molar-refractivity contribution in [3.8, 4) is 11.3 Å². The van der Waals surface area contributed by atoms with E-state index in [1.165, 1.54) is 0 Å². The lowest BCUT2D eigenvalue weighted by atomic mass is 10.1. The third-order valence-corrected chi connectivity index (χ3v) is 7.94. The summed E-state index contributed by atoms with van der Waals surface area (Å²) in [5.41, 5.74) is 2.57. The molecule has 234 valence electrons. The van der Waals surface area contributed by atoms with Crippen LogP contribution in [-0.2, 0) is 18.9 Å². The minimum absolute atomic E-state index is 0.0574. The van der Waals surface area contributed by atoms with Crippen molar-refractivity contribution in [3.05, 3.63) is 30.3 Å². The lowest BCUT2D eigenvalue weighted by Gasteiger charge is -2.37. The number of benzene rings is 1. The van der Waals surface area contributed by atoms with Gasteiger partial charge in [0, 0.05) is 59.1 Å². The van der Waals surface area contributed by atoms with E-state index in [1.54, 1.807) is 14.2 Å². The molecule has 2 aliphatic heterocycles. The molecule has 2 fully saturated rings. The van der Waals surface area contributed by atoms with Gasteiger partial charge in [-0.25, -0.2) is 9.97 Å².